The van der Waals surface area contributed by atoms with Crippen molar-refractivity contribution in [1.82, 2.24) is 14.5 Å². The monoisotopic (exact) mass is 441 g/mol. The van der Waals surface area contributed by atoms with Crippen LogP contribution in [0.2, 0.25) is 5.02 Å². The Bertz CT molecular complexity index is 1040. The summed E-state index contributed by atoms with van der Waals surface area (Å²) in [7, 11) is 0. The number of carbonyl (C=O) groups is 1. The smallest absolute Gasteiger partial charge is 0.329 e. The molecule has 1 amide bonds. The first-order chi connectivity index (χ1) is 13.4. The summed E-state index contributed by atoms with van der Waals surface area (Å²) in [5, 5.41) is -0.570. The molecule has 3 aromatic rings. The van der Waals surface area contributed by atoms with Gasteiger partial charge in [0.2, 0.25) is 0 Å². The second kappa shape index (κ2) is 8.08. The molecule has 0 spiro atoms. The second-order valence-electron chi connectivity index (χ2n) is 6.47. The maximum Gasteiger partial charge on any atom is 0.417 e. The Morgan fingerprint density at radius 2 is 1.76 bits per heavy atom. The molecule has 0 atom stereocenters. The Balaban J connectivity index is 0.00000240. The minimum Gasteiger partial charge on any atom is -0.329 e. The molecular formula is C20H16Cl2F3N3O. The van der Waals surface area contributed by atoms with Crippen molar-refractivity contribution in [3.8, 4) is 11.3 Å². The van der Waals surface area contributed by atoms with Gasteiger partial charge in [0.25, 0.3) is 5.91 Å². The molecule has 0 saturated carbocycles. The average Bonchev–Trinajstić information content (AvgIpc) is 3.10. The van der Waals surface area contributed by atoms with E-state index in [4.69, 9.17) is 11.6 Å². The maximum absolute atomic E-state index is 13.1. The summed E-state index contributed by atoms with van der Waals surface area (Å²) in [5.74, 6) is 0.146. The molecule has 152 valence electrons. The van der Waals surface area contributed by atoms with Crippen molar-refractivity contribution in [3.63, 3.8) is 0 Å². The zero-order chi connectivity index (χ0) is 19.9. The third-order valence-electron chi connectivity index (χ3n) is 4.76. The maximum atomic E-state index is 13.1. The zero-order valence-corrected chi connectivity index (χ0v) is 16.6. The van der Waals surface area contributed by atoms with E-state index in [1.54, 1.807) is 6.20 Å². The number of alkyl halides is 3. The molecule has 2 aromatic carbocycles. The predicted molar refractivity (Wildman–Crippen MR) is 106 cm³/mol. The highest BCUT2D eigenvalue weighted by molar-refractivity contribution is 6.34. The predicted octanol–water partition coefficient (Wildman–Crippen LogP) is 5.30. The van der Waals surface area contributed by atoms with Crippen LogP contribution in [0.5, 0.6) is 0 Å². The van der Waals surface area contributed by atoms with E-state index in [0.29, 0.717) is 18.9 Å². The van der Waals surface area contributed by atoms with Gasteiger partial charge in [-0.2, -0.15) is 13.2 Å². The minimum absolute atomic E-state index is 0. The fourth-order valence-electron chi connectivity index (χ4n) is 3.36. The standard InChI is InChI=1S/C20H15ClF3N3O.ClH/c21-18-14(7-4-8-15(18)20(22,23)24)19(28)26-9-10-27-16(11-25-17(27)12-26)13-5-2-1-3-6-13;/h1-8,11H,9-10,12H2;1H. The molecule has 1 aromatic heterocycles. The molecule has 0 unspecified atom stereocenters. The van der Waals surface area contributed by atoms with Crippen LogP contribution in [-0.2, 0) is 19.3 Å². The molecule has 0 N–H and O–H groups in total. The van der Waals surface area contributed by atoms with E-state index in [-0.39, 0.29) is 24.5 Å². The first-order valence-electron chi connectivity index (χ1n) is 8.61. The van der Waals surface area contributed by atoms with E-state index >= 15 is 0 Å². The van der Waals surface area contributed by atoms with Crippen LogP contribution >= 0.6 is 24.0 Å². The molecule has 0 saturated heterocycles. The van der Waals surface area contributed by atoms with Crippen LogP contribution in [0, 0.1) is 0 Å². The van der Waals surface area contributed by atoms with Crippen molar-refractivity contribution in [2.45, 2.75) is 19.3 Å². The number of carbonyl (C=O) groups excluding carboxylic acids is 1. The topological polar surface area (TPSA) is 38.1 Å². The molecule has 0 radical (unpaired) electrons. The van der Waals surface area contributed by atoms with Gasteiger partial charge in [0.05, 0.1) is 34.6 Å². The van der Waals surface area contributed by atoms with E-state index in [0.717, 1.165) is 17.3 Å². The molecule has 9 heteroatoms. The summed E-state index contributed by atoms with van der Waals surface area (Å²) < 4.78 is 41.2. The van der Waals surface area contributed by atoms with Gasteiger partial charge < -0.3 is 9.47 Å². The summed E-state index contributed by atoms with van der Waals surface area (Å²) in [5.41, 5.74) is 0.798. The van der Waals surface area contributed by atoms with Crippen LogP contribution in [-0.4, -0.2) is 26.9 Å². The van der Waals surface area contributed by atoms with Gasteiger partial charge in [-0.1, -0.05) is 48.0 Å². The van der Waals surface area contributed by atoms with Crippen molar-refractivity contribution in [2.24, 2.45) is 0 Å². The SMILES string of the molecule is Cl.O=C(c1cccc(C(F)(F)F)c1Cl)N1CCn2c(-c3ccccc3)cnc2C1. The van der Waals surface area contributed by atoms with Crippen LogP contribution in [0.15, 0.2) is 54.7 Å². The highest BCUT2D eigenvalue weighted by Gasteiger charge is 2.35. The fraction of sp³-hybridized carbons (Fsp3) is 0.200. The number of hydrogen-bond donors (Lipinski definition) is 0. The zero-order valence-electron chi connectivity index (χ0n) is 15.0. The number of nitrogens with zero attached hydrogens (tertiary/aromatic N) is 3. The van der Waals surface area contributed by atoms with Crippen LogP contribution in [0.3, 0.4) is 0 Å². The fourth-order valence-corrected chi connectivity index (χ4v) is 3.67. The van der Waals surface area contributed by atoms with Crippen molar-refractivity contribution < 1.29 is 18.0 Å². The van der Waals surface area contributed by atoms with Crippen molar-refractivity contribution in [2.75, 3.05) is 6.54 Å². The lowest BCUT2D eigenvalue weighted by atomic mass is 10.1. The normalized spacial score (nSPS) is 13.6. The summed E-state index contributed by atoms with van der Waals surface area (Å²) in [6.07, 6.45) is -2.87. The van der Waals surface area contributed by atoms with Gasteiger partial charge in [0, 0.05) is 13.1 Å². The average molecular weight is 442 g/mol. The van der Waals surface area contributed by atoms with Gasteiger partial charge >= 0.3 is 6.18 Å². The highest BCUT2D eigenvalue weighted by Crippen LogP contribution is 2.37. The second-order valence-corrected chi connectivity index (χ2v) is 6.85. The molecule has 0 bridgehead atoms. The first kappa shape index (κ1) is 21.2. The molecule has 4 nitrogen and oxygen atoms in total. The van der Waals surface area contributed by atoms with Crippen molar-refractivity contribution >= 4 is 29.9 Å². The number of imidazole rings is 1. The quantitative estimate of drug-likeness (QED) is 0.540. The largest absolute Gasteiger partial charge is 0.417 e. The van der Waals surface area contributed by atoms with E-state index in [2.05, 4.69) is 4.98 Å². The van der Waals surface area contributed by atoms with Crippen LogP contribution < -0.4 is 0 Å². The van der Waals surface area contributed by atoms with Gasteiger partial charge in [-0.25, -0.2) is 4.98 Å². The number of benzene rings is 2. The van der Waals surface area contributed by atoms with Crippen LogP contribution in [0.1, 0.15) is 21.7 Å². The number of fused-ring (bicyclic) bond motifs is 1. The molecule has 1 aliphatic heterocycles. The van der Waals surface area contributed by atoms with Gasteiger partial charge in [-0.15, -0.1) is 12.4 Å². The Labute approximate surface area is 176 Å². The Hall–Kier alpha value is -2.51. The Morgan fingerprint density at radius 3 is 2.45 bits per heavy atom. The Kier molecular flexibility index (Phi) is 5.91. The summed E-state index contributed by atoms with van der Waals surface area (Å²) >= 11 is 5.90. The number of halogens is 5. The molecule has 2 heterocycles. The third kappa shape index (κ3) is 3.97. The Morgan fingerprint density at radius 1 is 1.03 bits per heavy atom. The summed E-state index contributed by atoms with van der Waals surface area (Å²) in [6.45, 7) is 1.06. The van der Waals surface area contributed by atoms with Gasteiger partial charge in [-0.05, 0) is 17.7 Å². The molecule has 0 fully saturated rings. The van der Waals surface area contributed by atoms with E-state index in [1.165, 1.54) is 17.0 Å². The minimum atomic E-state index is -4.61. The van der Waals surface area contributed by atoms with E-state index in [1.807, 2.05) is 34.9 Å². The lowest BCUT2D eigenvalue weighted by Gasteiger charge is -2.29. The van der Waals surface area contributed by atoms with Crippen LogP contribution in [0.25, 0.3) is 11.3 Å². The molecule has 29 heavy (non-hydrogen) atoms. The molecule has 4 rings (SSSR count). The van der Waals surface area contributed by atoms with Crippen molar-refractivity contribution in [3.05, 3.63) is 76.7 Å². The number of amides is 1. The number of hydrogen-bond acceptors (Lipinski definition) is 2. The lowest BCUT2D eigenvalue weighted by molar-refractivity contribution is -0.137. The van der Waals surface area contributed by atoms with Crippen LogP contribution in [0.4, 0.5) is 13.2 Å². The summed E-state index contributed by atoms with van der Waals surface area (Å²) in [6, 6.07) is 13.1. The molecule has 1 aliphatic rings. The first-order valence-corrected chi connectivity index (χ1v) is 8.99. The van der Waals surface area contributed by atoms with Gasteiger partial charge in [-0.3, -0.25) is 4.79 Å². The summed E-state index contributed by atoms with van der Waals surface area (Å²) in [4.78, 5) is 18.7. The van der Waals surface area contributed by atoms with E-state index < -0.39 is 22.7 Å². The highest BCUT2D eigenvalue weighted by atomic mass is 35.5. The van der Waals surface area contributed by atoms with E-state index in [9.17, 15) is 18.0 Å². The molecule has 0 aliphatic carbocycles. The third-order valence-corrected chi connectivity index (χ3v) is 5.16. The number of aromatic nitrogens is 2. The lowest BCUT2D eigenvalue weighted by Crippen LogP contribution is -2.38. The number of rotatable bonds is 2. The van der Waals surface area contributed by atoms with Crippen molar-refractivity contribution in [1.29, 1.82) is 0 Å². The molecular weight excluding hydrogens is 426 g/mol. The van der Waals surface area contributed by atoms with Gasteiger partial charge in [0.15, 0.2) is 0 Å². The van der Waals surface area contributed by atoms with Gasteiger partial charge in [0.1, 0.15) is 5.82 Å².